The first-order valence-corrected chi connectivity index (χ1v) is 10.9. The van der Waals surface area contributed by atoms with Crippen LogP contribution in [0.4, 0.5) is 4.79 Å². The van der Waals surface area contributed by atoms with Gasteiger partial charge in [0.25, 0.3) is 5.91 Å². The van der Waals surface area contributed by atoms with E-state index in [1.54, 1.807) is 28.8 Å². The van der Waals surface area contributed by atoms with E-state index in [1.165, 1.54) is 13.3 Å². The van der Waals surface area contributed by atoms with E-state index in [0.29, 0.717) is 29.9 Å². The lowest BCUT2D eigenvalue weighted by molar-refractivity contribution is 0.0221. The molecule has 0 aromatic carbocycles. The molecule has 0 saturated heterocycles. The SMILES string of the molecule is COC(=O)c1ccc(C2(NC(=O)c3nn(C)c4c3CN(C(=O)OC(C)(C)C)CC4)CC2)nc1. The molecule has 33 heavy (non-hydrogen) atoms. The molecule has 2 aliphatic rings. The van der Waals surface area contributed by atoms with E-state index in [-0.39, 0.29) is 12.5 Å². The Kier molecular flexibility index (Phi) is 5.63. The fraction of sp³-hybridized carbons (Fsp3) is 0.522. The summed E-state index contributed by atoms with van der Waals surface area (Å²) >= 11 is 0. The van der Waals surface area contributed by atoms with Crippen LogP contribution in [0.25, 0.3) is 0 Å². The summed E-state index contributed by atoms with van der Waals surface area (Å²) in [6.07, 6.45) is 3.11. The monoisotopic (exact) mass is 455 g/mol. The molecule has 1 aliphatic carbocycles. The molecule has 0 spiro atoms. The van der Waals surface area contributed by atoms with Gasteiger partial charge in [0.2, 0.25) is 0 Å². The molecule has 0 radical (unpaired) electrons. The maximum absolute atomic E-state index is 13.3. The van der Waals surface area contributed by atoms with Crippen LogP contribution in [-0.2, 0) is 35.0 Å². The Hall–Kier alpha value is -3.43. The second-order valence-electron chi connectivity index (χ2n) is 9.51. The third-order valence-electron chi connectivity index (χ3n) is 5.89. The second kappa shape index (κ2) is 8.17. The molecule has 10 heteroatoms. The molecule has 3 heterocycles. The minimum Gasteiger partial charge on any atom is -0.465 e. The molecule has 2 amide bonds. The summed E-state index contributed by atoms with van der Waals surface area (Å²) < 4.78 is 11.9. The first-order valence-electron chi connectivity index (χ1n) is 10.9. The lowest BCUT2D eigenvalue weighted by Crippen LogP contribution is -2.41. The number of amides is 2. The number of fused-ring (bicyclic) bond motifs is 1. The van der Waals surface area contributed by atoms with Gasteiger partial charge in [0.05, 0.1) is 30.5 Å². The fourth-order valence-electron chi connectivity index (χ4n) is 4.02. The standard InChI is InChI=1S/C23H29N5O5/c1-22(2,3)33-21(31)28-11-8-16-15(13-28)18(26-27(16)4)19(29)25-23(9-10-23)17-7-6-14(12-24-17)20(30)32-5/h6-7,12H,8-11,13H2,1-5H3,(H,25,29). The van der Waals surface area contributed by atoms with Crippen LogP contribution in [0.15, 0.2) is 18.3 Å². The van der Waals surface area contributed by atoms with Crippen molar-refractivity contribution in [1.82, 2.24) is 25.0 Å². The fourth-order valence-corrected chi connectivity index (χ4v) is 4.02. The number of ether oxygens (including phenoxy) is 2. The Morgan fingerprint density at radius 1 is 1.18 bits per heavy atom. The minimum absolute atomic E-state index is 0.264. The smallest absolute Gasteiger partial charge is 0.410 e. The largest absolute Gasteiger partial charge is 0.465 e. The van der Waals surface area contributed by atoms with Crippen molar-refractivity contribution in [3.63, 3.8) is 0 Å². The van der Waals surface area contributed by atoms with Crippen molar-refractivity contribution < 1.29 is 23.9 Å². The van der Waals surface area contributed by atoms with Crippen LogP contribution in [0.2, 0.25) is 0 Å². The van der Waals surface area contributed by atoms with E-state index in [0.717, 1.165) is 24.1 Å². The topological polar surface area (TPSA) is 116 Å². The van der Waals surface area contributed by atoms with Crippen molar-refractivity contribution in [2.75, 3.05) is 13.7 Å². The zero-order valence-corrected chi connectivity index (χ0v) is 19.6. The van der Waals surface area contributed by atoms with Gasteiger partial charge < -0.3 is 19.7 Å². The molecule has 0 atom stereocenters. The van der Waals surface area contributed by atoms with Gasteiger partial charge in [-0.05, 0) is 45.7 Å². The summed E-state index contributed by atoms with van der Waals surface area (Å²) in [6, 6.07) is 3.37. The van der Waals surface area contributed by atoms with Gasteiger partial charge in [-0.3, -0.25) is 14.5 Å². The van der Waals surface area contributed by atoms with Crippen molar-refractivity contribution in [1.29, 1.82) is 0 Å². The van der Waals surface area contributed by atoms with Gasteiger partial charge >= 0.3 is 12.1 Å². The number of hydrogen-bond donors (Lipinski definition) is 1. The summed E-state index contributed by atoms with van der Waals surface area (Å²) in [5.74, 6) is -0.771. The molecule has 1 fully saturated rings. The van der Waals surface area contributed by atoms with E-state index in [1.807, 2.05) is 20.8 Å². The van der Waals surface area contributed by atoms with E-state index in [4.69, 9.17) is 9.47 Å². The molecule has 176 valence electrons. The zero-order chi connectivity index (χ0) is 24.0. The molecule has 1 N–H and O–H groups in total. The van der Waals surface area contributed by atoms with Gasteiger partial charge in [0.1, 0.15) is 5.60 Å². The lowest BCUT2D eigenvalue weighted by Gasteiger charge is -2.30. The number of esters is 1. The predicted molar refractivity (Wildman–Crippen MR) is 118 cm³/mol. The Labute approximate surface area is 192 Å². The van der Waals surface area contributed by atoms with E-state index >= 15 is 0 Å². The quantitative estimate of drug-likeness (QED) is 0.704. The molecule has 2 aromatic rings. The summed E-state index contributed by atoms with van der Waals surface area (Å²) in [5, 5.41) is 7.54. The van der Waals surface area contributed by atoms with Crippen LogP contribution in [-0.4, -0.2) is 56.9 Å². The van der Waals surface area contributed by atoms with Gasteiger partial charge in [-0.2, -0.15) is 5.10 Å². The molecule has 2 aromatic heterocycles. The van der Waals surface area contributed by atoms with Crippen LogP contribution in [0.1, 0.15) is 71.4 Å². The van der Waals surface area contributed by atoms with Crippen LogP contribution < -0.4 is 5.32 Å². The Balaban J connectivity index is 1.52. The highest BCUT2D eigenvalue weighted by molar-refractivity contribution is 5.95. The molecule has 4 rings (SSSR count). The highest BCUT2D eigenvalue weighted by Crippen LogP contribution is 2.45. The Bertz CT molecular complexity index is 1100. The van der Waals surface area contributed by atoms with Crippen molar-refractivity contribution in [3.05, 3.63) is 46.5 Å². The van der Waals surface area contributed by atoms with Gasteiger partial charge in [-0.25, -0.2) is 9.59 Å². The highest BCUT2D eigenvalue weighted by atomic mass is 16.6. The van der Waals surface area contributed by atoms with E-state index in [2.05, 4.69) is 15.4 Å². The number of methoxy groups -OCH3 is 1. The van der Waals surface area contributed by atoms with Crippen molar-refractivity contribution in [2.45, 2.75) is 57.7 Å². The average molecular weight is 456 g/mol. The van der Waals surface area contributed by atoms with Crippen molar-refractivity contribution >= 4 is 18.0 Å². The Morgan fingerprint density at radius 2 is 1.91 bits per heavy atom. The predicted octanol–water partition coefficient (Wildman–Crippen LogP) is 2.31. The zero-order valence-electron chi connectivity index (χ0n) is 19.6. The van der Waals surface area contributed by atoms with Gasteiger partial charge in [0.15, 0.2) is 5.69 Å². The van der Waals surface area contributed by atoms with Crippen LogP contribution in [0.3, 0.4) is 0 Å². The minimum atomic E-state index is -0.596. The number of hydrogen-bond acceptors (Lipinski definition) is 7. The number of pyridine rings is 1. The molecule has 0 unspecified atom stereocenters. The molecule has 0 bridgehead atoms. The van der Waals surface area contributed by atoms with Crippen LogP contribution >= 0.6 is 0 Å². The first kappa shape index (κ1) is 22.8. The lowest BCUT2D eigenvalue weighted by atomic mass is 10.0. The summed E-state index contributed by atoms with van der Waals surface area (Å²) in [7, 11) is 3.12. The van der Waals surface area contributed by atoms with Gasteiger partial charge in [0, 0.05) is 37.5 Å². The normalized spacial score (nSPS) is 16.6. The number of rotatable bonds is 4. The van der Waals surface area contributed by atoms with Crippen molar-refractivity contribution in [3.8, 4) is 0 Å². The maximum Gasteiger partial charge on any atom is 0.410 e. The number of nitrogens with zero attached hydrogens (tertiary/aromatic N) is 4. The summed E-state index contributed by atoms with van der Waals surface area (Å²) in [5.41, 5.74) is 1.82. The third kappa shape index (κ3) is 4.55. The summed E-state index contributed by atoms with van der Waals surface area (Å²) in [6.45, 7) is 6.24. The van der Waals surface area contributed by atoms with Crippen molar-refractivity contribution in [2.24, 2.45) is 7.05 Å². The molecular formula is C23H29N5O5. The molecular weight excluding hydrogens is 426 g/mol. The maximum atomic E-state index is 13.3. The Morgan fingerprint density at radius 3 is 2.48 bits per heavy atom. The van der Waals surface area contributed by atoms with E-state index < -0.39 is 23.2 Å². The number of nitrogens with one attached hydrogen (secondary N) is 1. The number of carbonyl (C=O) groups is 3. The number of aromatic nitrogens is 3. The molecule has 10 nitrogen and oxygen atoms in total. The highest BCUT2D eigenvalue weighted by Gasteiger charge is 2.48. The van der Waals surface area contributed by atoms with Crippen LogP contribution in [0.5, 0.6) is 0 Å². The third-order valence-corrected chi connectivity index (χ3v) is 5.89. The molecule has 1 aliphatic heterocycles. The second-order valence-corrected chi connectivity index (χ2v) is 9.51. The van der Waals surface area contributed by atoms with Gasteiger partial charge in [-0.15, -0.1) is 0 Å². The van der Waals surface area contributed by atoms with Crippen LogP contribution in [0, 0.1) is 0 Å². The van der Waals surface area contributed by atoms with Gasteiger partial charge in [-0.1, -0.05) is 0 Å². The first-order chi connectivity index (χ1) is 15.5. The average Bonchev–Trinajstić information content (AvgIpc) is 3.47. The number of aryl methyl sites for hydroxylation is 1. The van der Waals surface area contributed by atoms with E-state index in [9.17, 15) is 14.4 Å². The summed E-state index contributed by atoms with van der Waals surface area (Å²) in [4.78, 5) is 43.5. The number of carbonyl (C=O) groups excluding carboxylic acids is 3. The molecule has 1 saturated carbocycles.